The Morgan fingerprint density at radius 3 is 2.47 bits per heavy atom. The molecule has 7 heteroatoms. The lowest BCUT2D eigenvalue weighted by molar-refractivity contribution is -0.147. The fourth-order valence-corrected chi connectivity index (χ4v) is 3.96. The summed E-state index contributed by atoms with van der Waals surface area (Å²) in [4.78, 5) is 28.7. The first-order valence-electron chi connectivity index (χ1n) is 11.1. The van der Waals surface area contributed by atoms with Gasteiger partial charge in [-0.1, -0.05) is 55.5 Å². The third kappa shape index (κ3) is 4.50. The summed E-state index contributed by atoms with van der Waals surface area (Å²) in [6.45, 7) is 3.88. The molecule has 2 heterocycles. The molecule has 4 aromatic rings. The first kappa shape index (κ1) is 23.0. The molecule has 0 saturated carbocycles. The van der Waals surface area contributed by atoms with Crippen LogP contribution in [0, 0.1) is 6.92 Å². The molecule has 2 aromatic heterocycles. The Labute approximate surface area is 197 Å². The number of carbonyl (C=O) groups is 2. The summed E-state index contributed by atoms with van der Waals surface area (Å²) in [7, 11) is 1.56. The van der Waals surface area contributed by atoms with Gasteiger partial charge >= 0.3 is 11.9 Å². The number of aromatic carboxylic acids is 1. The quantitative estimate of drug-likeness (QED) is 0.353. The summed E-state index contributed by atoms with van der Waals surface area (Å²) in [5.41, 5.74) is 4.80. The first-order chi connectivity index (χ1) is 16.4. The van der Waals surface area contributed by atoms with Gasteiger partial charge in [-0.15, -0.1) is 0 Å². The van der Waals surface area contributed by atoms with Gasteiger partial charge in [0.05, 0.1) is 24.6 Å². The number of hydrogen-bond acceptors (Lipinski definition) is 5. The Balaban J connectivity index is 1.80. The molecule has 34 heavy (non-hydrogen) atoms. The highest BCUT2D eigenvalue weighted by Crippen LogP contribution is 2.32. The monoisotopic (exact) mass is 458 g/mol. The molecule has 0 amide bonds. The molecule has 7 nitrogen and oxygen atoms in total. The number of methoxy groups -OCH3 is 1. The van der Waals surface area contributed by atoms with Crippen LogP contribution in [0.3, 0.4) is 0 Å². The summed E-state index contributed by atoms with van der Waals surface area (Å²) in [6, 6.07) is 18.1. The topological polar surface area (TPSA) is 90.1 Å². The Kier molecular flexibility index (Phi) is 6.63. The summed E-state index contributed by atoms with van der Waals surface area (Å²) in [5.74, 6) is -0.814. The van der Waals surface area contributed by atoms with Crippen molar-refractivity contribution in [1.82, 2.24) is 9.38 Å². The maximum absolute atomic E-state index is 12.5. The zero-order valence-electron chi connectivity index (χ0n) is 19.3. The van der Waals surface area contributed by atoms with Gasteiger partial charge in [0.2, 0.25) is 5.88 Å². The van der Waals surface area contributed by atoms with Crippen LogP contribution in [-0.4, -0.2) is 33.5 Å². The summed E-state index contributed by atoms with van der Waals surface area (Å²) in [6.07, 6.45) is 2.09. The first-order valence-corrected chi connectivity index (χ1v) is 11.1. The zero-order valence-corrected chi connectivity index (χ0v) is 19.3. The van der Waals surface area contributed by atoms with Crippen molar-refractivity contribution in [2.24, 2.45) is 0 Å². The highest BCUT2D eigenvalue weighted by molar-refractivity contribution is 5.96. The van der Waals surface area contributed by atoms with Gasteiger partial charge in [-0.3, -0.25) is 9.20 Å². The second-order valence-electron chi connectivity index (χ2n) is 8.01. The molecule has 0 bridgehead atoms. The minimum absolute atomic E-state index is 0.229. The standard InChI is InChI=1S/C27H26N2O5/c1-4-7-24(30)34-25(22-15-10-17(2)26-28-23(33-3)16-29(22)26)19-13-11-18(12-14-19)20-8-5-6-9-21(20)27(31)32/h5-6,8-16,25H,4,7H2,1-3H3,(H,31,32)/t25-/m1/s1. The number of aromatic nitrogens is 2. The molecule has 0 aliphatic heterocycles. The fraction of sp³-hybridized carbons (Fsp3) is 0.222. The Hall–Kier alpha value is -4.13. The van der Waals surface area contributed by atoms with Crippen molar-refractivity contribution in [2.45, 2.75) is 32.8 Å². The minimum atomic E-state index is -0.984. The van der Waals surface area contributed by atoms with E-state index in [2.05, 4.69) is 4.98 Å². The highest BCUT2D eigenvalue weighted by Gasteiger charge is 2.23. The van der Waals surface area contributed by atoms with Crippen molar-refractivity contribution in [3.8, 4) is 17.0 Å². The largest absolute Gasteiger partial charge is 0.480 e. The molecule has 4 rings (SSSR count). The van der Waals surface area contributed by atoms with Crippen molar-refractivity contribution in [3.05, 3.63) is 89.2 Å². The number of hydrogen-bond donors (Lipinski definition) is 1. The molecule has 2 aromatic carbocycles. The molecule has 0 fully saturated rings. The van der Waals surface area contributed by atoms with Crippen LogP contribution in [0.15, 0.2) is 66.9 Å². The molecule has 0 radical (unpaired) electrons. The molecule has 0 unspecified atom stereocenters. The molecule has 1 N–H and O–H groups in total. The van der Waals surface area contributed by atoms with Gasteiger partial charge in [-0.2, -0.15) is 4.98 Å². The summed E-state index contributed by atoms with van der Waals surface area (Å²) >= 11 is 0. The molecule has 0 aliphatic carbocycles. The summed E-state index contributed by atoms with van der Waals surface area (Å²) < 4.78 is 13.1. The number of benzene rings is 2. The number of aryl methyl sites for hydroxylation is 1. The second-order valence-corrected chi connectivity index (χ2v) is 8.01. The van der Waals surface area contributed by atoms with E-state index in [4.69, 9.17) is 9.47 Å². The van der Waals surface area contributed by atoms with Crippen molar-refractivity contribution in [1.29, 1.82) is 0 Å². The number of nitrogens with zero attached hydrogens (tertiary/aromatic N) is 2. The maximum Gasteiger partial charge on any atom is 0.336 e. The number of ether oxygens (including phenoxy) is 2. The van der Waals surface area contributed by atoms with E-state index in [-0.39, 0.29) is 11.5 Å². The van der Waals surface area contributed by atoms with Crippen molar-refractivity contribution in [2.75, 3.05) is 7.11 Å². The van der Waals surface area contributed by atoms with Crippen LogP contribution in [0.4, 0.5) is 0 Å². The Bertz CT molecular complexity index is 1340. The van der Waals surface area contributed by atoms with E-state index in [0.29, 0.717) is 24.3 Å². The average molecular weight is 459 g/mol. The number of carboxylic acids is 1. The van der Waals surface area contributed by atoms with E-state index in [1.807, 2.05) is 54.6 Å². The van der Waals surface area contributed by atoms with E-state index in [0.717, 1.165) is 28.0 Å². The van der Waals surface area contributed by atoms with Crippen LogP contribution in [0.1, 0.15) is 53.0 Å². The Morgan fingerprint density at radius 1 is 1.06 bits per heavy atom. The van der Waals surface area contributed by atoms with Crippen molar-refractivity contribution in [3.63, 3.8) is 0 Å². The lowest BCUT2D eigenvalue weighted by Crippen LogP contribution is -2.15. The van der Waals surface area contributed by atoms with Crippen LogP contribution >= 0.6 is 0 Å². The lowest BCUT2D eigenvalue weighted by atomic mass is 9.96. The number of carbonyl (C=O) groups excluding carboxylic acids is 1. The van der Waals surface area contributed by atoms with Crippen LogP contribution in [0.2, 0.25) is 0 Å². The van der Waals surface area contributed by atoms with E-state index in [1.54, 1.807) is 37.6 Å². The van der Waals surface area contributed by atoms with Gasteiger partial charge in [-0.05, 0) is 47.7 Å². The van der Waals surface area contributed by atoms with Crippen LogP contribution < -0.4 is 4.74 Å². The van der Waals surface area contributed by atoms with Gasteiger partial charge in [0, 0.05) is 6.42 Å². The van der Waals surface area contributed by atoms with E-state index >= 15 is 0 Å². The molecule has 1 atom stereocenters. The smallest absolute Gasteiger partial charge is 0.336 e. The average Bonchev–Trinajstić information content (AvgIpc) is 3.29. The molecular weight excluding hydrogens is 432 g/mol. The normalized spacial score (nSPS) is 11.9. The van der Waals surface area contributed by atoms with E-state index in [1.165, 1.54) is 0 Å². The zero-order chi connectivity index (χ0) is 24.2. The van der Waals surface area contributed by atoms with Gasteiger partial charge < -0.3 is 14.6 Å². The molecular formula is C27H26N2O5. The van der Waals surface area contributed by atoms with E-state index < -0.39 is 12.1 Å². The summed E-state index contributed by atoms with van der Waals surface area (Å²) in [5, 5.41) is 9.54. The number of carboxylic acid groups (broad SMARTS) is 1. The molecule has 0 aliphatic rings. The van der Waals surface area contributed by atoms with Crippen molar-refractivity contribution < 1.29 is 24.2 Å². The number of pyridine rings is 1. The number of rotatable bonds is 8. The molecule has 0 spiro atoms. The number of fused-ring (bicyclic) bond motifs is 1. The van der Waals surface area contributed by atoms with Gasteiger partial charge in [0.25, 0.3) is 0 Å². The SMILES string of the molecule is CCCC(=O)O[C@H](c1ccc(-c2ccccc2C(=O)O)cc1)c1ccc(C)c2nc(OC)cn12. The van der Waals surface area contributed by atoms with Gasteiger partial charge in [-0.25, -0.2) is 4.79 Å². The second kappa shape index (κ2) is 9.79. The fourth-order valence-electron chi connectivity index (χ4n) is 3.96. The minimum Gasteiger partial charge on any atom is -0.480 e. The van der Waals surface area contributed by atoms with Crippen LogP contribution in [0.5, 0.6) is 5.88 Å². The third-order valence-corrected chi connectivity index (χ3v) is 5.68. The maximum atomic E-state index is 12.5. The van der Waals surface area contributed by atoms with Crippen LogP contribution in [-0.2, 0) is 9.53 Å². The molecule has 174 valence electrons. The Morgan fingerprint density at radius 2 is 1.79 bits per heavy atom. The highest BCUT2D eigenvalue weighted by atomic mass is 16.5. The van der Waals surface area contributed by atoms with Crippen LogP contribution in [0.25, 0.3) is 16.8 Å². The van der Waals surface area contributed by atoms with Gasteiger partial charge in [0.15, 0.2) is 6.10 Å². The third-order valence-electron chi connectivity index (χ3n) is 5.68. The lowest BCUT2D eigenvalue weighted by Gasteiger charge is -2.21. The predicted molar refractivity (Wildman–Crippen MR) is 128 cm³/mol. The van der Waals surface area contributed by atoms with Gasteiger partial charge in [0.1, 0.15) is 5.65 Å². The predicted octanol–water partition coefficient (Wildman–Crippen LogP) is 5.45. The van der Waals surface area contributed by atoms with E-state index in [9.17, 15) is 14.7 Å². The number of esters is 1. The molecule has 0 saturated heterocycles. The number of imidazole rings is 1. The van der Waals surface area contributed by atoms with Crippen molar-refractivity contribution >= 4 is 17.6 Å².